The number of aryl methyl sites for hydroxylation is 2. The van der Waals surface area contributed by atoms with Gasteiger partial charge >= 0.3 is 0 Å². The number of nitriles is 2. The second-order valence-corrected chi connectivity index (χ2v) is 15.3. The maximum absolute atomic E-state index is 11.3. The molecule has 270 valence electrons. The molecule has 4 aromatic heterocycles. The third kappa shape index (κ3) is 4.13. The Bertz CT molecular complexity index is 3850. The molecule has 4 heterocycles. The Morgan fingerprint density at radius 2 is 0.828 bits per heavy atom. The summed E-state index contributed by atoms with van der Waals surface area (Å²) in [6.45, 7) is 0. The van der Waals surface area contributed by atoms with E-state index in [9.17, 15) is 10.5 Å². The number of para-hydroxylation sites is 4. The molecule has 6 nitrogen and oxygen atoms in total. The van der Waals surface area contributed by atoms with Crippen LogP contribution in [0.3, 0.4) is 0 Å². The average molecular weight is 741 g/mol. The van der Waals surface area contributed by atoms with Crippen molar-refractivity contribution in [2.24, 2.45) is 14.1 Å². The van der Waals surface area contributed by atoms with Crippen molar-refractivity contribution >= 4 is 87.2 Å². The minimum atomic E-state index is 0.545. The van der Waals surface area contributed by atoms with Crippen LogP contribution in [-0.2, 0) is 14.1 Å². The molecule has 0 aliphatic carbocycles. The predicted molar refractivity (Wildman–Crippen MR) is 238 cm³/mol. The van der Waals surface area contributed by atoms with Crippen molar-refractivity contribution in [3.8, 4) is 34.6 Å². The Morgan fingerprint density at radius 3 is 1.33 bits per heavy atom. The van der Waals surface area contributed by atoms with Crippen molar-refractivity contribution in [3.63, 3.8) is 0 Å². The number of aromatic nitrogens is 4. The minimum absolute atomic E-state index is 0.545. The number of hydrogen-bond acceptors (Lipinski definition) is 2. The summed E-state index contributed by atoms with van der Waals surface area (Å²) in [7, 11) is 4.28. The molecule has 12 aromatic rings. The van der Waals surface area contributed by atoms with Crippen LogP contribution in [0.4, 0.5) is 0 Å². The standard InChI is InChI=1S/C52H32N6/c1-55-43-18-7-3-14-34(43)38-22-24-40-36-16-5-9-20-45(36)57(51(40)49(38)55)47-28-42(32-13-11-12-31(26-32)29-53)48(27-33(47)30-54)58-46-21-10-6-17-37(46)41-25-23-39-35-15-4-8-19-44(35)56(2)50(39)52(41)58/h3-28H,1-2H3. The number of nitrogens with zero attached hydrogens (tertiary/aromatic N) is 6. The Morgan fingerprint density at radius 1 is 0.379 bits per heavy atom. The van der Waals surface area contributed by atoms with Gasteiger partial charge in [0.2, 0.25) is 0 Å². The molecule has 0 aliphatic heterocycles. The molecule has 0 unspecified atom stereocenters. The van der Waals surface area contributed by atoms with E-state index >= 15 is 0 Å². The number of rotatable bonds is 3. The summed E-state index contributed by atoms with van der Waals surface area (Å²) < 4.78 is 9.22. The molecule has 0 saturated heterocycles. The molecule has 0 atom stereocenters. The SMILES string of the molecule is Cn1c2ccccc2c2ccc3c4ccccc4n(-c4cc(-c5cccc(C#N)c5)c(-n5c6ccccc6c6ccc7c8ccccc8n(C)c7c65)cc4C#N)c3c21. The molecule has 8 aromatic carbocycles. The van der Waals surface area contributed by atoms with E-state index in [1.165, 1.54) is 16.2 Å². The van der Waals surface area contributed by atoms with Gasteiger partial charge in [-0.15, -0.1) is 0 Å². The summed E-state index contributed by atoms with van der Waals surface area (Å²) in [5.74, 6) is 0. The highest BCUT2D eigenvalue weighted by molar-refractivity contribution is 6.25. The minimum Gasteiger partial charge on any atom is -0.342 e. The topological polar surface area (TPSA) is 67.3 Å². The lowest BCUT2D eigenvalue weighted by atomic mass is 9.97. The maximum atomic E-state index is 11.3. The summed E-state index contributed by atoms with van der Waals surface area (Å²) in [6.07, 6.45) is 0. The first-order chi connectivity index (χ1) is 28.6. The van der Waals surface area contributed by atoms with E-state index in [0.717, 1.165) is 93.6 Å². The third-order valence-corrected chi connectivity index (χ3v) is 12.4. The summed E-state index contributed by atoms with van der Waals surface area (Å²) >= 11 is 0. The molecule has 0 bridgehead atoms. The van der Waals surface area contributed by atoms with E-state index in [0.29, 0.717) is 11.1 Å². The molecule has 6 heteroatoms. The fraction of sp³-hybridized carbons (Fsp3) is 0.0385. The molecular formula is C52H32N6. The van der Waals surface area contributed by atoms with Crippen LogP contribution in [0.5, 0.6) is 0 Å². The average Bonchev–Trinajstić information content (AvgIpc) is 3.98. The zero-order chi connectivity index (χ0) is 38.8. The first-order valence-corrected chi connectivity index (χ1v) is 19.4. The van der Waals surface area contributed by atoms with Gasteiger partial charge in [-0.05, 0) is 54.1 Å². The van der Waals surface area contributed by atoms with Crippen molar-refractivity contribution in [3.05, 3.63) is 169 Å². The number of hydrogen-bond donors (Lipinski definition) is 0. The highest BCUT2D eigenvalue weighted by Crippen LogP contribution is 2.45. The third-order valence-electron chi connectivity index (χ3n) is 12.4. The Kier molecular flexibility index (Phi) is 6.51. The van der Waals surface area contributed by atoms with Gasteiger partial charge in [0.25, 0.3) is 0 Å². The van der Waals surface area contributed by atoms with Crippen molar-refractivity contribution in [1.82, 2.24) is 18.3 Å². The molecule has 0 N–H and O–H groups in total. The van der Waals surface area contributed by atoms with E-state index in [-0.39, 0.29) is 0 Å². The van der Waals surface area contributed by atoms with E-state index in [1.54, 1.807) is 0 Å². The quantitative estimate of drug-likeness (QED) is 0.181. The van der Waals surface area contributed by atoms with Gasteiger partial charge < -0.3 is 18.3 Å². The summed E-state index contributed by atoms with van der Waals surface area (Å²) in [5.41, 5.74) is 13.3. The fourth-order valence-electron chi connectivity index (χ4n) is 9.95. The van der Waals surface area contributed by atoms with E-state index in [2.05, 4.69) is 184 Å². The van der Waals surface area contributed by atoms with Gasteiger partial charge in [0.1, 0.15) is 6.07 Å². The fourth-order valence-corrected chi connectivity index (χ4v) is 9.95. The summed E-state index contributed by atoms with van der Waals surface area (Å²) in [5, 5.41) is 30.7. The normalized spacial score (nSPS) is 11.9. The second kappa shape index (κ2) is 11.7. The van der Waals surface area contributed by atoms with Crippen LogP contribution in [-0.4, -0.2) is 18.3 Å². The first-order valence-electron chi connectivity index (χ1n) is 19.4. The second-order valence-electron chi connectivity index (χ2n) is 15.3. The molecule has 0 spiro atoms. The molecule has 0 amide bonds. The zero-order valence-electron chi connectivity index (χ0n) is 31.7. The largest absolute Gasteiger partial charge is 0.342 e. The van der Waals surface area contributed by atoms with Crippen LogP contribution < -0.4 is 0 Å². The molecule has 0 fully saturated rings. The van der Waals surface area contributed by atoms with Gasteiger partial charge in [0.15, 0.2) is 0 Å². The van der Waals surface area contributed by atoms with Crippen LogP contribution in [0.25, 0.3) is 110 Å². The molecule has 0 radical (unpaired) electrons. The lowest BCUT2D eigenvalue weighted by molar-refractivity contribution is 1.01. The Labute approximate surface area is 332 Å². The number of fused-ring (bicyclic) bond motifs is 14. The zero-order valence-corrected chi connectivity index (χ0v) is 31.7. The molecular weight excluding hydrogens is 709 g/mol. The Hall–Kier alpha value is -8.06. The maximum Gasteiger partial charge on any atom is 0.101 e. The lowest BCUT2D eigenvalue weighted by Gasteiger charge is -2.19. The lowest BCUT2D eigenvalue weighted by Crippen LogP contribution is -2.05. The van der Waals surface area contributed by atoms with Gasteiger partial charge in [0, 0.05) is 73.8 Å². The summed E-state index contributed by atoms with van der Waals surface area (Å²) in [4.78, 5) is 0. The molecule has 58 heavy (non-hydrogen) atoms. The van der Waals surface area contributed by atoms with Crippen LogP contribution in [0.15, 0.2) is 158 Å². The highest BCUT2D eigenvalue weighted by atomic mass is 15.0. The van der Waals surface area contributed by atoms with Crippen LogP contribution in [0, 0.1) is 22.7 Å². The van der Waals surface area contributed by atoms with E-state index < -0.39 is 0 Å². The van der Waals surface area contributed by atoms with Crippen LogP contribution >= 0.6 is 0 Å². The van der Waals surface area contributed by atoms with Crippen LogP contribution in [0.1, 0.15) is 11.1 Å². The highest BCUT2D eigenvalue weighted by Gasteiger charge is 2.25. The van der Waals surface area contributed by atoms with E-state index in [4.69, 9.17) is 0 Å². The molecule has 0 aliphatic rings. The van der Waals surface area contributed by atoms with Gasteiger partial charge in [-0.1, -0.05) is 109 Å². The van der Waals surface area contributed by atoms with E-state index in [1.807, 2.05) is 18.2 Å². The monoisotopic (exact) mass is 740 g/mol. The summed E-state index contributed by atoms with van der Waals surface area (Å²) in [6, 6.07) is 60.2. The van der Waals surface area contributed by atoms with Gasteiger partial charge in [-0.25, -0.2) is 0 Å². The van der Waals surface area contributed by atoms with Crippen LogP contribution in [0.2, 0.25) is 0 Å². The number of benzene rings is 8. The predicted octanol–water partition coefficient (Wildman–Crippen LogP) is 12.6. The first kappa shape index (κ1) is 32.2. The smallest absolute Gasteiger partial charge is 0.101 e. The van der Waals surface area contributed by atoms with Gasteiger partial charge in [-0.2, -0.15) is 10.5 Å². The van der Waals surface area contributed by atoms with Gasteiger partial charge in [0.05, 0.1) is 61.7 Å². The van der Waals surface area contributed by atoms with Gasteiger partial charge in [-0.3, -0.25) is 0 Å². The molecule has 0 saturated carbocycles. The van der Waals surface area contributed by atoms with Crippen molar-refractivity contribution < 1.29 is 0 Å². The van der Waals surface area contributed by atoms with Crippen molar-refractivity contribution in [1.29, 1.82) is 10.5 Å². The van der Waals surface area contributed by atoms with Crippen molar-refractivity contribution in [2.75, 3.05) is 0 Å². The molecule has 12 rings (SSSR count). The Balaban J connectivity index is 1.28. The van der Waals surface area contributed by atoms with Crippen molar-refractivity contribution in [2.45, 2.75) is 0 Å².